The van der Waals surface area contributed by atoms with Gasteiger partial charge in [-0.2, -0.15) is 0 Å². The summed E-state index contributed by atoms with van der Waals surface area (Å²) in [6.45, 7) is 0.0398. The predicted octanol–water partition coefficient (Wildman–Crippen LogP) is 2.81. The van der Waals surface area contributed by atoms with E-state index in [1.807, 2.05) is 42.5 Å². The second-order valence-electron chi connectivity index (χ2n) is 6.08. The normalized spacial score (nSPS) is 11.4. The van der Waals surface area contributed by atoms with Gasteiger partial charge >= 0.3 is 0 Å². The van der Waals surface area contributed by atoms with Crippen molar-refractivity contribution in [2.75, 3.05) is 0 Å². The third kappa shape index (κ3) is 3.98. The first-order chi connectivity index (χ1) is 13.6. The number of hydrogen-bond acceptors (Lipinski definition) is 5. The lowest BCUT2D eigenvalue weighted by Crippen LogP contribution is -2.23. The first kappa shape index (κ1) is 18.0. The van der Waals surface area contributed by atoms with Crippen LogP contribution in [0.4, 0.5) is 0 Å². The van der Waals surface area contributed by atoms with E-state index in [2.05, 4.69) is 20.0 Å². The molecule has 1 N–H and O–H groups in total. The molecule has 2 aromatic heterocycles. The van der Waals surface area contributed by atoms with Crippen molar-refractivity contribution >= 4 is 10.0 Å². The SMILES string of the molecule is O=S(=O)(NCc1cn(-c2cccnc2)nn1)c1cccc(-c2ccccc2)c1. The van der Waals surface area contributed by atoms with Gasteiger partial charge in [0.25, 0.3) is 0 Å². The highest BCUT2D eigenvalue weighted by atomic mass is 32.2. The highest BCUT2D eigenvalue weighted by molar-refractivity contribution is 7.89. The number of sulfonamides is 1. The van der Waals surface area contributed by atoms with E-state index in [-0.39, 0.29) is 11.4 Å². The van der Waals surface area contributed by atoms with E-state index in [1.165, 1.54) is 0 Å². The molecule has 0 fully saturated rings. The minimum Gasteiger partial charge on any atom is -0.262 e. The number of rotatable bonds is 6. The molecule has 0 aliphatic heterocycles. The van der Waals surface area contributed by atoms with E-state index >= 15 is 0 Å². The maximum absolute atomic E-state index is 12.7. The van der Waals surface area contributed by atoms with Crippen LogP contribution in [-0.2, 0) is 16.6 Å². The molecule has 0 aliphatic carbocycles. The van der Waals surface area contributed by atoms with Crippen molar-refractivity contribution in [3.05, 3.63) is 91.0 Å². The van der Waals surface area contributed by atoms with Crippen LogP contribution in [0.25, 0.3) is 16.8 Å². The largest absolute Gasteiger partial charge is 0.262 e. The number of aromatic nitrogens is 4. The maximum atomic E-state index is 12.7. The standard InChI is InChI=1S/C20H17N5O2S/c26-28(27,20-10-4-8-17(12-20)16-6-2-1-3-7-16)22-13-18-15-25(24-23-18)19-9-5-11-21-14-19/h1-12,14-15,22H,13H2. The van der Waals surface area contributed by atoms with Crippen molar-refractivity contribution in [3.63, 3.8) is 0 Å². The summed E-state index contributed by atoms with van der Waals surface area (Å²) >= 11 is 0. The van der Waals surface area contributed by atoms with Crippen LogP contribution in [-0.4, -0.2) is 28.4 Å². The third-order valence-electron chi connectivity index (χ3n) is 4.15. The van der Waals surface area contributed by atoms with Gasteiger partial charge in [0.15, 0.2) is 0 Å². The summed E-state index contributed by atoms with van der Waals surface area (Å²) in [6, 6.07) is 20.1. The van der Waals surface area contributed by atoms with Crippen LogP contribution in [0.2, 0.25) is 0 Å². The summed E-state index contributed by atoms with van der Waals surface area (Å²) in [5.41, 5.74) is 3.05. The predicted molar refractivity (Wildman–Crippen MR) is 105 cm³/mol. The first-order valence-corrected chi connectivity index (χ1v) is 10.1. The summed E-state index contributed by atoms with van der Waals surface area (Å²) in [5, 5.41) is 8.02. The van der Waals surface area contributed by atoms with Gasteiger partial charge in [-0.05, 0) is 35.4 Å². The minimum absolute atomic E-state index is 0.0398. The van der Waals surface area contributed by atoms with Crippen LogP contribution in [0.3, 0.4) is 0 Å². The van der Waals surface area contributed by atoms with Crippen molar-refractivity contribution in [1.82, 2.24) is 24.7 Å². The maximum Gasteiger partial charge on any atom is 0.240 e. The molecule has 0 radical (unpaired) electrons. The summed E-state index contributed by atoms with van der Waals surface area (Å²) < 4.78 is 29.5. The highest BCUT2D eigenvalue weighted by Crippen LogP contribution is 2.22. The van der Waals surface area contributed by atoms with Crippen LogP contribution in [0.5, 0.6) is 0 Å². The van der Waals surface area contributed by atoms with Crippen molar-refractivity contribution < 1.29 is 8.42 Å². The summed E-state index contributed by atoms with van der Waals surface area (Å²) in [4.78, 5) is 4.23. The lowest BCUT2D eigenvalue weighted by Gasteiger charge is -2.08. The molecule has 0 spiro atoms. The van der Waals surface area contributed by atoms with Gasteiger partial charge in [0.2, 0.25) is 10.0 Å². The van der Waals surface area contributed by atoms with E-state index in [0.29, 0.717) is 5.69 Å². The molecule has 0 amide bonds. The zero-order chi connectivity index (χ0) is 19.4. The Labute approximate surface area is 162 Å². The molecule has 2 aromatic carbocycles. The van der Waals surface area contributed by atoms with E-state index in [1.54, 1.807) is 47.5 Å². The molecule has 2 heterocycles. The van der Waals surface area contributed by atoms with Crippen molar-refractivity contribution in [2.45, 2.75) is 11.4 Å². The fraction of sp³-hybridized carbons (Fsp3) is 0.0500. The Morgan fingerprint density at radius 2 is 1.75 bits per heavy atom. The number of pyridine rings is 1. The number of nitrogens with zero attached hydrogens (tertiary/aromatic N) is 4. The molecule has 0 saturated carbocycles. The van der Waals surface area contributed by atoms with E-state index in [0.717, 1.165) is 16.8 Å². The van der Waals surface area contributed by atoms with E-state index < -0.39 is 10.0 Å². The fourth-order valence-electron chi connectivity index (χ4n) is 2.72. The topological polar surface area (TPSA) is 89.8 Å². The molecule has 140 valence electrons. The molecular formula is C20H17N5O2S. The van der Waals surface area contributed by atoms with Crippen LogP contribution in [0.1, 0.15) is 5.69 Å². The molecule has 4 aromatic rings. The molecule has 28 heavy (non-hydrogen) atoms. The Balaban J connectivity index is 1.50. The van der Waals surface area contributed by atoms with Crippen LogP contribution >= 0.6 is 0 Å². The molecule has 0 bridgehead atoms. The van der Waals surface area contributed by atoms with Gasteiger partial charge in [-0.3, -0.25) is 4.98 Å². The molecule has 8 heteroatoms. The Hall–Kier alpha value is -3.36. The summed E-state index contributed by atoms with van der Waals surface area (Å²) in [7, 11) is -3.68. The Morgan fingerprint density at radius 1 is 0.929 bits per heavy atom. The third-order valence-corrected chi connectivity index (χ3v) is 5.54. The van der Waals surface area contributed by atoms with Crippen molar-refractivity contribution in [2.24, 2.45) is 0 Å². The minimum atomic E-state index is -3.68. The van der Waals surface area contributed by atoms with Gasteiger partial charge in [-0.15, -0.1) is 5.10 Å². The van der Waals surface area contributed by atoms with Crippen LogP contribution in [0.15, 0.2) is 90.2 Å². The Kier molecular flexibility index (Phi) is 4.96. The Morgan fingerprint density at radius 3 is 2.54 bits per heavy atom. The quantitative estimate of drug-likeness (QED) is 0.546. The van der Waals surface area contributed by atoms with E-state index in [9.17, 15) is 8.42 Å². The zero-order valence-corrected chi connectivity index (χ0v) is 15.6. The molecule has 0 atom stereocenters. The van der Waals surface area contributed by atoms with Gasteiger partial charge in [0.05, 0.1) is 35.2 Å². The van der Waals surface area contributed by atoms with Crippen LogP contribution in [0, 0.1) is 0 Å². The zero-order valence-electron chi connectivity index (χ0n) is 14.8. The van der Waals surface area contributed by atoms with Gasteiger partial charge in [-0.1, -0.05) is 47.7 Å². The van der Waals surface area contributed by atoms with E-state index in [4.69, 9.17) is 0 Å². The molecule has 0 aliphatic rings. The van der Waals surface area contributed by atoms with Gasteiger partial charge in [0.1, 0.15) is 0 Å². The first-order valence-electron chi connectivity index (χ1n) is 8.59. The monoisotopic (exact) mass is 391 g/mol. The average molecular weight is 391 g/mol. The van der Waals surface area contributed by atoms with Gasteiger partial charge in [-0.25, -0.2) is 17.8 Å². The molecule has 7 nitrogen and oxygen atoms in total. The second kappa shape index (κ2) is 7.71. The number of hydrogen-bond donors (Lipinski definition) is 1. The molecular weight excluding hydrogens is 374 g/mol. The fourth-order valence-corrected chi connectivity index (χ4v) is 3.76. The summed E-state index contributed by atoms with van der Waals surface area (Å²) in [5.74, 6) is 0. The van der Waals surface area contributed by atoms with Crippen LogP contribution < -0.4 is 4.72 Å². The molecule has 0 saturated heterocycles. The number of nitrogens with one attached hydrogen (secondary N) is 1. The lowest BCUT2D eigenvalue weighted by molar-refractivity contribution is 0.580. The lowest BCUT2D eigenvalue weighted by atomic mass is 10.1. The van der Waals surface area contributed by atoms with Gasteiger partial charge in [0, 0.05) is 6.20 Å². The van der Waals surface area contributed by atoms with Gasteiger partial charge < -0.3 is 0 Å². The molecule has 0 unspecified atom stereocenters. The molecule has 4 rings (SSSR count). The average Bonchev–Trinajstić information content (AvgIpc) is 3.23. The highest BCUT2D eigenvalue weighted by Gasteiger charge is 2.15. The summed E-state index contributed by atoms with van der Waals surface area (Å²) in [6.07, 6.45) is 4.98. The van der Waals surface area contributed by atoms with Crippen molar-refractivity contribution in [3.8, 4) is 16.8 Å². The smallest absolute Gasteiger partial charge is 0.240 e. The Bertz CT molecular complexity index is 1180. The second-order valence-corrected chi connectivity index (χ2v) is 7.85. The van der Waals surface area contributed by atoms with Crippen molar-refractivity contribution in [1.29, 1.82) is 0 Å². The number of benzene rings is 2.